The number of anilines is 2. The first-order valence-corrected chi connectivity index (χ1v) is 8.54. The Morgan fingerprint density at radius 2 is 2.00 bits per heavy atom. The smallest absolute Gasteiger partial charge is 0.223 e. The van der Waals surface area contributed by atoms with Gasteiger partial charge in [0, 0.05) is 45.1 Å². The van der Waals surface area contributed by atoms with Crippen LogP contribution in [0.3, 0.4) is 0 Å². The number of nitrogens with two attached hydrogens (primary N) is 1. The van der Waals surface area contributed by atoms with Crippen molar-refractivity contribution < 1.29 is 0 Å². The summed E-state index contributed by atoms with van der Waals surface area (Å²) < 4.78 is 0. The predicted octanol–water partition coefficient (Wildman–Crippen LogP) is 1.99. The molecule has 23 heavy (non-hydrogen) atoms. The molecular formula is C16H18N6S. The lowest BCUT2D eigenvalue weighted by atomic mass is 10.2. The minimum atomic E-state index is 0.354. The van der Waals surface area contributed by atoms with Gasteiger partial charge >= 0.3 is 0 Å². The first kappa shape index (κ1) is 14.3. The molecule has 1 fully saturated rings. The Morgan fingerprint density at radius 3 is 2.78 bits per heavy atom. The van der Waals surface area contributed by atoms with Crippen LogP contribution in [0.15, 0.2) is 36.0 Å². The van der Waals surface area contributed by atoms with E-state index in [0.717, 1.165) is 48.8 Å². The van der Waals surface area contributed by atoms with Crippen LogP contribution in [0.1, 0.15) is 5.56 Å². The van der Waals surface area contributed by atoms with E-state index in [1.54, 1.807) is 11.3 Å². The lowest BCUT2D eigenvalue weighted by Gasteiger charge is -2.35. The highest BCUT2D eigenvalue weighted by Gasteiger charge is 2.21. The van der Waals surface area contributed by atoms with Crippen LogP contribution < -0.4 is 10.6 Å². The second-order valence-corrected chi connectivity index (χ2v) is 6.56. The third kappa shape index (κ3) is 2.97. The molecule has 0 atom stereocenters. The van der Waals surface area contributed by atoms with Crippen molar-refractivity contribution in [2.45, 2.75) is 6.54 Å². The molecule has 0 radical (unpaired) electrons. The maximum atomic E-state index is 5.86. The molecule has 6 nitrogen and oxygen atoms in total. The fourth-order valence-electron chi connectivity index (χ4n) is 2.96. The number of pyridine rings is 1. The summed E-state index contributed by atoms with van der Waals surface area (Å²) >= 11 is 1.61. The molecule has 4 heterocycles. The molecule has 0 amide bonds. The van der Waals surface area contributed by atoms with Crippen molar-refractivity contribution >= 4 is 33.3 Å². The third-order valence-electron chi connectivity index (χ3n) is 4.12. The van der Waals surface area contributed by atoms with E-state index in [1.165, 1.54) is 5.56 Å². The van der Waals surface area contributed by atoms with E-state index in [2.05, 4.69) is 36.9 Å². The molecule has 1 saturated heterocycles. The molecule has 1 aliphatic rings. The van der Waals surface area contributed by atoms with Crippen molar-refractivity contribution in [2.75, 3.05) is 36.8 Å². The van der Waals surface area contributed by atoms with Crippen LogP contribution in [0, 0.1) is 0 Å². The molecule has 0 aliphatic carbocycles. The number of nitrogens with zero attached hydrogens (tertiary/aromatic N) is 5. The standard InChI is InChI=1S/C16H18N6S/c17-16-19-14(13-3-9-23-15(13)20-16)22-7-5-21(6-8-22)11-12-2-1-4-18-10-12/h1-4,9-10H,5-8,11H2,(H2,17,19,20). The molecule has 118 valence electrons. The van der Waals surface area contributed by atoms with Crippen LogP contribution in [0.25, 0.3) is 10.2 Å². The molecule has 2 N–H and O–H groups in total. The molecule has 4 rings (SSSR count). The van der Waals surface area contributed by atoms with E-state index in [1.807, 2.05) is 23.8 Å². The Kier molecular flexibility index (Phi) is 3.80. The molecule has 1 aliphatic heterocycles. The summed E-state index contributed by atoms with van der Waals surface area (Å²) in [6, 6.07) is 6.19. The molecule has 3 aromatic rings. The lowest BCUT2D eigenvalue weighted by molar-refractivity contribution is 0.249. The number of fused-ring (bicyclic) bond motifs is 1. The number of rotatable bonds is 3. The average Bonchev–Trinajstić information content (AvgIpc) is 3.04. The van der Waals surface area contributed by atoms with Crippen LogP contribution >= 0.6 is 11.3 Å². The van der Waals surface area contributed by atoms with Gasteiger partial charge in [-0.25, -0.2) is 4.98 Å². The average molecular weight is 326 g/mol. The molecule has 0 bridgehead atoms. The van der Waals surface area contributed by atoms with E-state index in [-0.39, 0.29) is 0 Å². The summed E-state index contributed by atoms with van der Waals surface area (Å²) in [5.74, 6) is 1.32. The van der Waals surface area contributed by atoms with E-state index in [0.29, 0.717) is 5.95 Å². The van der Waals surface area contributed by atoms with Gasteiger partial charge in [0.15, 0.2) is 0 Å². The zero-order valence-electron chi connectivity index (χ0n) is 12.7. The van der Waals surface area contributed by atoms with Crippen LogP contribution in [0.4, 0.5) is 11.8 Å². The summed E-state index contributed by atoms with van der Waals surface area (Å²) in [6.45, 7) is 4.85. The third-order valence-corrected chi connectivity index (χ3v) is 4.93. The Labute approximate surface area is 138 Å². The quantitative estimate of drug-likeness (QED) is 0.794. The minimum Gasteiger partial charge on any atom is -0.368 e. The maximum absolute atomic E-state index is 5.86. The fourth-order valence-corrected chi connectivity index (χ4v) is 3.73. The Bertz CT molecular complexity index is 795. The van der Waals surface area contributed by atoms with Crippen molar-refractivity contribution in [3.63, 3.8) is 0 Å². The predicted molar refractivity (Wildman–Crippen MR) is 93.6 cm³/mol. The second-order valence-electron chi connectivity index (χ2n) is 5.67. The van der Waals surface area contributed by atoms with Gasteiger partial charge in [0.2, 0.25) is 5.95 Å². The van der Waals surface area contributed by atoms with Crippen LogP contribution in [0.5, 0.6) is 0 Å². The molecule has 0 unspecified atom stereocenters. The van der Waals surface area contributed by atoms with E-state index < -0.39 is 0 Å². The van der Waals surface area contributed by atoms with Gasteiger partial charge in [-0.2, -0.15) is 4.98 Å². The molecule has 0 spiro atoms. The Hall–Kier alpha value is -2.25. The van der Waals surface area contributed by atoms with Gasteiger partial charge in [0.05, 0.1) is 5.39 Å². The Balaban J connectivity index is 1.47. The highest BCUT2D eigenvalue weighted by atomic mass is 32.1. The first-order chi connectivity index (χ1) is 11.3. The number of nitrogen functional groups attached to an aromatic ring is 1. The van der Waals surface area contributed by atoms with Gasteiger partial charge < -0.3 is 10.6 Å². The fraction of sp³-hybridized carbons (Fsp3) is 0.312. The SMILES string of the molecule is Nc1nc(N2CCN(Cc3cccnc3)CC2)c2ccsc2n1. The maximum Gasteiger partial charge on any atom is 0.223 e. The van der Waals surface area contributed by atoms with E-state index in [4.69, 9.17) is 5.73 Å². The van der Waals surface area contributed by atoms with Crippen LogP contribution in [-0.4, -0.2) is 46.0 Å². The molecule has 0 aromatic carbocycles. The minimum absolute atomic E-state index is 0.354. The summed E-state index contributed by atoms with van der Waals surface area (Å²) in [7, 11) is 0. The number of piperazine rings is 1. The van der Waals surface area contributed by atoms with Crippen molar-refractivity contribution in [1.29, 1.82) is 0 Å². The van der Waals surface area contributed by atoms with Crippen molar-refractivity contribution in [3.8, 4) is 0 Å². The highest BCUT2D eigenvalue weighted by Crippen LogP contribution is 2.29. The van der Waals surface area contributed by atoms with Crippen molar-refractivity contribution in [1.82, 2.24) is 19.9 Å². The second kappa shape index (κ2) is 6.10. The molecule has 7 heteroatoms. The largest absolute Gasteiger partial charge is 0.368 e. The molecule has 3 aromatic heterocycles. The summed E-state index contributed by atoms with van der Waals surface area (Å²) in [5.41, 5.74) is 7.12. The van der Waals surface area contributed by atoms with Gasteiger partial charge in [-0.15, -0.1) is 11.3 Å². The summed E-state index contributed by atoms with van der Waals surface area (Å²) in [6.07, 6.45) is 3.75. The molecular weight excluding hydrogens is 308 g/mol. The normalized spacial score (nSPS) is 16.1. The van der Waals surface area contributed by atoms with Crippen molar-refractivity contribution in [3.05, 3.63) is 41.5 Å². The summed E-state index contributed by atoms with van der Waals surface area (Å²) in [5, 5.41) is 3.14. The topological polar surface area (TPSA) is 71.2 Å². The van der Waals surface area contributed by atoms with Gasteiger partial charge in [0.1, 0.15) is 10.6 Å². The van der Waals surface area contributed by atoms with Gasteiger partial charge in [-0.05, 0) is 23.1 Å². The number of aromatic nitrogens is 3. The number of thiophene rings is 1. The zero-order valence-corrected chi connectivity index (χ0v) is 13.5. The van der Waals surface area contributed by atoms with E-state index in [9.17, 15) is 0 Å². The monoisotopic (exact) mass is 326 g/mol. The summed E-state index contributed by atoms with van der Waals surface area (Å²) in [4.78, 5) is 18.7. The highest BCUT2D eigenvalue weighted by molar-refractivity contribution is 7.16. The zero-order chi connectivity index (χ0) is 15.6. The van der Waals surface area contributed by atoms with Crippen molar-refractivity contribution in [2.24, 2.45) is 0 Å². The van der Waals surface area contributed by atoms with Crippen LogP contribution in [0.2, 0.25) is 0 Å². The molecule has 0 saturated carbocycles. The van der Waals surface area contributed by atoms with Gasteiger partial charge in [-0.1, -0.05) is 6.07 Å². The first-order valence-electron chi connectivity index (χ1n) is 7.66. The van der Waals surface area contributed by atoms with Gasteiger partial charge in [0.25, 0.3) is 0 Å². The van der Waals surface area contributed by atoms with Gasteiger partial charge in [-0.3, -0.25) is 9.88 Å². The van der Waals surface area contributed by atoms with E-state index >= 15 is 0 Å². The lowest BCUT2D eigenvalue weighted by Crippen LogP contribution is -2.46. The number of hydrogen-bond acceptors (Lipinski definition) is 7. The number of hydrogen-bond donors (Lipinski definition) is 1. The van der Waals surface area contributed by atoms with Crippen LogP contribution in [-0.2, 0) is 6.54 Å². The Morgan fingerprint density at radius 1 is 1.13 bits per heavy atom.